The summed E-state index contributed by atoms with van der Waals surface area (Å²) in [5.74, 6) is -1.92. The van der Waals surface area contributed by atoms with Gasteiger partial charge in [0.2, 0.25) is 5.89 Å². The number of amides is 1. The van der Waals surface area contributed by atoms with Gasteiger partial charge in [0.05, 0.1) is 18.5 Å². The monoisotopic (exact) mass is 610 g/mol. The third-order valence-electron chi connectivity index (χ3n) is 6.44. The van der Waals surface area contributed by atoms with Crippen LogP contribution in [-0.2, 0) is 13.1 Å². The number of alkyl halides is 2. The molecule has 5 rings (SSSR count). The molecule has 2 aromatic carbocycles. The molecule has 1 amide bonds. The van der Waals surface area contributed by atoms with Crippen molar-refractivity contribution in [2.24, 2.45) is 11.7 Å². The molecule has 42 heavy (non-hydrogen) atoms. The average molecular weight is 611 g/mol. The van der Waals surface area contributed by atoms with E-state index in [-0.39, 0.29) is 59.9 Å². The molecule has 0 spiro atoms. The molecule has 0 aliphatic heterocycles. The lowest BCUT2D eigenvalue weighted by molar-refractivity contribution is -0.0515. The summed E-state index contributed by atoms with van der Waals surface area (Å²) in [6, 6.07) is 6.53. The number of oxazole rings is 1. The molecule has 2 heterocycles. The second-order valence-corrected chi connectivity index (χ2v) is 9.51. The summed E-state index contributed by atoms with van der Waals surface area (Å²) in [6.45, 7) is -1.14. The summed E-state index contributed by atoms with van der Waals surface area (Å²) in [7, 11) is 0. The number of benzene rings is 2. The van der Waals surface area contributed by atoms with Crippen LogP contribution in [0.3, 0.4) is 0 Å². The predicted molar refractivity (Wildman–Crippen MR) is 143 cm³/mol. The Hall–Kier alpha value is -4.17. The average Bonchev–Trinajstić information content (AvgIpc) is 3.46. The van der Waals surface area contributed by atoms with E-state index >= 15 is 0 Å². The van der Waals surface area contributed by atoms with E-state index in [2.05, 4.69) is 25.3 Å². The van der Waals surface area contributed by atoms with Crippen LogP contribution < -0.4 is 20.5 Å². The lowest BCUT2D eigenvalue weighted by Gasteiger charge is -2.13. The number of nitrogens with two attached hydrogens (primary N) is 1. The Bertz CT molecular complexity index is 1540. The van der Waals surface area contributed by atoms with Crippen LogP contribution in [-0.4, -0.2) is 39.1 Å². The van der Waals surface area contributed by atoms with E-state index in [1.807, 2.05) is 0 Å². The number of aromatic nitrogens is 4. The number of hydrogen-bond donors (Lipinski definition) is 2. The molecule has 0 bridgehead atoms. The molecule has 0 saturated heterocycles. The fourth-order valence-corrected chi connectivity index (χ4v) is 3.98. The molecule has 0 radical (unpaired) electrons. The minimum absolute atomic E-state index is 0. The summed E-state index contributed by atoms with van der Waals surface area (Å²) in [5.41, 5.74) is 6.40. The molecule has 1 unspecified atom stereocenters. The van der Waals surface area contributed by atoms with Gasteiger partial charge in [-0.1, -0.05) is 11.3 Å². The molecule has 2 aromatic heterocycles. The molecule has 1 aliphatic carbocycles. The minimum atomic E-state index is -3.05. The van der Waals surface area contributed by atoms with Gasteiger partial charge in [0, 0.05) is 30.3 Å². The van der Waals surface area contributed by atoms with Crippen LogP contribution in [0.1, 0.15) is 53.3 Å². The van der Waals surface area contributed by atoms with Crippen molar-refractivity contribution in [1.29, 1.82) is 0 Å². The van der Waals surface area contributed by atoms with E-state index in [1.54, 1.807) is 13.1 Å². The van der Waals surface area contributed by atoms with Gasteiger partial charge in [-0.25, -0.2) is 18.4 Å². The smallest absolute Gasteiger partial charge is 0.387 e. The quantitative estimate of drug-likeness (QED) is 0.214. The maximum atomic E-state index is 14.1. The van der Waals surface area contributed by atoms with Crippen LogP contribution in [0.5, 0.6) is 11.5 Å². The van der Waals surface area contributed by atoms with Crippen LogP contribution in [0, 0.1) is 17.6 Å². The molecule has 224 valence electrons. The van der Waals surface area contributed by atoms with Gasteiger partial charge in [-0.05, 0) is 49.9 Å². The SMILES string of the molecule is CC(c1oc(-c2ccc(OC(F)F)c(OCC3CC3)c2)nc1C(=O)NCc1ccc(F)cc1F)n1cc(CN)nn1.Cl. The molecule has 4 aromatic rings. The Morgan fingerprint density at radius 3 is 2.64 bits per heavy atom. The zero-order chi connectivity index (χ0) is 29.1. The molecule has 1 saturated carbocycles. The lowest BCUT2D eigenvalue weighted by Crippen LogP contribution is -2.25. The topological polar surface area (TPSA) is 130 Å². The Morgan fingerprint density at radius 2 is 1.98 bits per heavy atom. The summed E-state index contributed by atoms with van der Waals surface area (Å²) in [4.78, 5) is 17.6. The highest BCUT2D eigenvalue weighted by Gasteiger charge is 2.28. The molecule has 15 heteroatoms. The van der Waals surface area contributed by atoms with Crippen LogP contribution in [0.4, 0.5) is 17.6 Å². The first kappa shape index (κ1) is 30.8. The molecule has 3 N–H and O–H groups in total. The van der Waals surface area contributed by atoms with Crippen molar-refractivity contribution in [2.75, 3.05) is 6.61 Å². The van der Waals surface area contributed by atoms with Crippen molar-refractivity contribution in [1.82, 2.24) is 25.3 Å². The maximum Gasteiger partial charge on any atom is 0.387 e. The first-order valence-electron chi connectivity index (χ1n) is 12.8. The molecule has 1 fully saturated rings. The number of carbonyl (C=O) groups is 1. The van der Waals surface area contributed by atoms with E-state index in [4.69, 9.17) is 14.9 Å². The van der Waals surface area contributed by atoms with E-state index in [9.17, 15) is 22.4 Å². The molecule has 1 aliphatic rings. The zero-order valence-corrected chi connectivity index (χ0v) is 23.0. The van der Waals surface area contributed by atoms with Gasteiger partial charge in [-0.3, -0.25) is 4.79 Å². The normalized spacial score (nSPS) is 13.5. The Kier molecular flexibility index (Phi) is 9.68. The maximum absolute atomic E-state index is 14.1. The van der Waals surface area contributed by atoms with Crippen LogP contribution in [0.25, 0.3) is 11.5 Å². The van der Waals surface area contributed by atoms with Gasteiger partial charge in [0.1, 0.15) is 17.7 Å². The summed E-state index contributed by atoms with van der Waals surface area (Å²) in [5, 5.41) is 10.6. The second-order valence-electron chi connectivity index (χ2n) is 9.51. The highest BCUT2D eigenvalue weighted by Crippen LogP contribution is 2.37. The van der Waals surface area contributed by atoms with Gasteiger partial charge in [-0.2, -0.15) is 8.78 Å². The Labute approximate surface area is 243 Å². The molecule has 10 nitrogen and oxygen atoms in total. The zero-order valence-electron chi connectivity index (χ0n) is 22.2. The van der Waals surface area contributed by atoms with Crippen molar-refractivity contribution >= 4 is 18.3 Å². The third-order valence-corrected chi connectivity index (χ3v) is 6.44. The lowest BCUT2D eigenvalue weighted by atomic mass is 10.2. The van der Waals surface area contributed by atoms with Gasteiger partial charge in [0.25, 0.3) is 5.91 Å². The van der Waals surface area contributed by atoms with Crippen molar-refractivity contribution in [3.05, 3.63) is 76.9 Å². The van der Waals surface area contributed by atoms with Gasteiger partial charge >= 0.3 is 6.61 Å². The summed E-state index contributed by atoms with van der Waals surface area (Å²) >= 11 is 0. The number of hydrogen-bond acceptors (Lipinski definition) is 8. The van der Waals surface area contributed by atoms with Crippen LogP contribution in [0.2, 0.25) is 0 Å². The van der Waals surface area contributed by atoms with Crippen molar-refractivity contribution in [2.45, 2.75) is 45.5 Å². The number of nitrogens with zero attached hydrogens (tertiary/aromatic N) is 4. The van der Waals surface area contributed by atoms with Crippen molar-refractivity contribution in [3.8, 4) is 23.0 Å². The van der Waals surface area contributed by atoms with E-state index in [0.29, 0.717) is 29.8 Å². The molecule has 1 atom stereocenters. The van der Waals surface area contributed by atoms with E-state index in [1.165, 1.54) is 28.9 Å². The summed E-state index contributed by atoms with van der Waals surface area (Å²) < 4.78 is 71.2. The van der Waals surface area contributed by atoms with E-state index < -0.39 is 30.2 Å². The standard InChI is InChI=1S/C27H26F4N6O4.ClH/c1-14(37-12-19(10-32)35-36-37)24-23(25(38)33-11-17-4-6-18(28)9-20(17)29)34-26(41-24)16-5-7-21(40-27(30)31)22(8-16)39-13-15-2-3-15;/h4-9,12,14-15,27H,2-3,10-11,13,32H2,1H3,(H,33,38);1H. The third kappa shape index (κ3) is 7.18. The van der Waals surface area contributed by atoms with Crippen molar-refractivity contribution < 1.29 is 36.2 Å². The number of ether oxygens (including phenoxy) is 2. The van der Waals surface area contributed by atoms with Crippen LogP contribution >= 0.6 is 12.4 Å². The first-order chi connectivity index (χ1) is 19.7. The fraction of sp³-hybridized carbons (Fsp3) is 0.333. The Balaban J connectivity index is 0.00000405. The highest BCUT2D eigenvalue weighted by atomic mass is 35.5. The number of halogens is 5. The summed E-state index contributed by atoms with van der Waals surface area (Å²) in [6.07, 6.45) is 3.56. The van der Waals surface area contributed by atoms with Gasteiger partial charge in [-0.15, -0.1) is 17.5 Å². The Morgan fingerprint density at radius 1 is 1.19 bits per heavy atom. The predicted octanol–water partition coefficient (Wildman–Crippen LogP) is 5.02. The van der Waals surface area contributed by atoms with Crippen LogP contribution in [0.15, 0.2) is 47.0 Å². The van der Waals surface area contributed by atoms with Gasteiger partial charge in [0.15, 0.2) is 23.0 Å². The molecular formula is C27H27ClF4N6O4. The molecular weight excluding hydrogens is 584 g/mol. The minimum Gasteiger partial charge on any atom is -0.489 e. The van der Waals surface area contributed by atoms with E-state index in [0.717, 1.165) is 18.9 Å². The van der Waals surface area contributed by atoms with Gasteiger partial charge < -0.3 is 24.9 Å². The fourth-order valence-electron chi connectivity index (χ4n) is 3.98. The highest BCUT2D eigenvalue weighted by molar-refractivity contribution is 5.94. The second kappa shape index (κ2) is 13.2. The number of carbonyl (C=O) groups excluding carboxylic acids is 1. The largest absolute Gasteiger partial charge is 0.489 e. The van der Waals surface area contributed by atoms with Crippen molar-refractivity contribution in [3.63, 3.8) is 0 Å². The number of nitrogens with one attached hydrogen (secondary N) is 1. The number of rotatable bonds is 12. The first-order valence-corrected chi connectivity index (χ1v) is 12.8.